The maximum atomic E-state index is 12.8. The number of fused-ring (bicyclic) bond motifs is 1. The molecule has 0 N–H and O–H groups in total. The highest BCUT2D eigenvalue weighted by molar-refractivity contribution is 6.22. The minimum absolute atomic E-state index is 0.0154. The number of Topliss-reactive ketones (excluding diaryl/α,β-unsaturated/α-hetero) is 1. The van der Waals surface area contributed by atoms with Crippen LogP contribution in [0.5, 0.6) is 0 Å². The SMILES string of the molecule is C[C@@H]1C=CC[C@@H]2C(=O)N(c3ccc(C(=O)OCC(=O)c4ccccc4)cc3)C(=O)[C@@H]12. The Kier molecular flexibility index (Phi) is 5.31. The third kappa shape index (κ3) is 3.56. The van der Waals surface area contributed by atoms with E-state index in [2.05, 4.69) is 0 Å². The van der Waals surface area contributed by atoms with E-state index in [4.69, 9.17) is 4.74 Å². The molecule has 0 bridgehead atoms. The zero-order valence-electron chi connectivity index (χ0n) is 16.5. The highest BCUT2D eigenvalue weighted by atomic mass is 16.5. The van der Waals surface area contributed by atoms with Crippen LogP contribution in [0.2, 0.25) is 0 Å². The van der Waals surface area contributed by atoms with Gasteiger partial charge >= 0.3 is 5.97 Å². The molecule has 3 atom stereocenters. The van der Waals surface area contributed by atoms with Crippen LogP contribution >= 0.6 is 0 Å². The molecule has 1 fully saturated rings. The lowest BCUT2D eigenvalue weighted by molar-refractivity contribution is -0.122. The molecule has 2 aromatic carbocycles. The van der Waals surface area contributed by atoms with E-state index in [0.29, 0.717) is 17.7 Å². The van der Waals surface area contributed by atoms with Crippen LogP contribution in [0.3, 0.4) is 0 Å². The van der Waals surface area contributed by atoms with Gasteiger partial charge in [-0.3, -0.25) is 19.3 Å². The molecule has 2 aromatic rings. The molecule has 1 heterocycles. The largest absolute Gasteiger partial charge is 0.454 e. The summed E-state index contributed by atoms with van der Waals surface area (Å²) in [5.41, 5.74) is 1.14. The molecule has 0 unspecified atom stereocenters. The Labute approximate surface area is 174 Å². The summed E-state index contributed by atoms with van der Waals surface area (Å²) in [6, 6.07) is 14.7. The van der Waals surface area contributed by atoms with Gasteiger partial charge in [-0.2, -0.15) is 0 Å². The van der Waals surface area contributed by atoms with Gasteiger partial charge in [0.15, 0.2) is 12.4 Å². The molecule has 0 saturated carbocycles. The monoisotopic (exact) mass is 403 g/mol. The van der Waals surface area contributed by atoms with Crippen molar-refractivity contribution in [3.63, 3.8) is 0 Å². The molecular weight excluding hydrogens is 382 g/mol. The molecule has 1 saturated heterocycles. The van der Waals surface area contributed by atoms with Crippen LogP contribution in [0, 0.1) is 17.8 Å². The van der Waals surface area contributed by atoms with E-state index in [1.165, 1.54) is 17.0 Å². The van der Waals surface area contributed by atoms with E-state index >= 15 is 0 Å². The minimum Gasteiger partial charge on any atom is -0.454 e. The van der Waals surface area contributed by atoms with Crippen LogP contribution in [0.15, 0.2) is 66.7 Å². The van der Waals surface area contributed by atoms with Crippen LogP contribution in [0.4, 0.5) is 5.69 Å². The smallest absolute Gasteiger partial charge is 0.338 e. The third-order valence-electron chi connectivity index (χ3n) is 5.66. The molecule has 30 heavy (non-hydrogen) atoms. The van der Waals surface area contributed by atoms with Crippen molar-refractivity contribution in [1.82, 2.24) is 0 Å². The predicted octanol–water partition coefficient (Wildman–Crippen LogP) is 3.43. The number of nitrogens with zero attached hydrogens (tertiary/aromatic N) is 1. The molecule has 6 heteroatoms. The summed E-state index contributed by atoms with van der Waals surface area (Å²) in [4.78, 5) is 51.1. The average molecular weight is 403 g/mol. The number of anilines is 1. The first-order valence-corrected chi connectivity index (χ1v) is 9.87. The fraction of sp³-hybridized carbons (Fsp3) is 0.250. The Bertz CT molecular complexity index is 1030. The normalized spacial score (nSPS) is 22.7. The van der Waals surface area contributed by atoms with Crippen LogP contribution in [-0.2, 0) is 14.3 Å². The number of ether oxygens (including phenoxy) is 1. The summed E-state index contributed by atoms with van der Waals surface area (Å²) in [5, 5.41) is 0. The van der Waals surface area contributed by atoms with Crippen molar-refractivity contribution in [2.24, 2.45) is 17.8 Å². The van der Waals surface area contributed by atoms with Gasteiger partial charge in [0.05, 0.1) is 23.1 Å². The van der Waals surface area contributed by atoms with Crippen molar-refractivity contribution in [2.45, 2.75) is 13.3 Å². The number of hydrogen-bond acceptors (Lipinski definition) is 5. The Morgan fingerprint density at radius 3 is 2.33 bits per heavy atom. The fourth-order valence-electron chi connectivity index (χ4n) is 4.07. The van der Waals surface area contributed by atoms with Crippen molar-refractivity contribution in [3.8, 4) is 0 Å². The summed E-state index contributed by atoms with van der Waals surface area (Å²) in [6.07, 6.45) is 4.50. The molecule has 0 spiro atoms. The number of imide groups is 1. The molecular formula is C24H21NO5. The van der Waals surface area contributed by atoms with Gasteiger partial charge in [0.2, 0.25) is 11.8 Å². The Morgan fingerprint density at radius 2 is 1.67 bits per heavy atom. The number of esters is 1. The van der Waals surface area contributed by atoms with E-state index < -0.39 is 5.97 Å². The summed E-state index contributed by atoms with van der Waals surface area (Å²) in [7, 11) is 0. The Morgan fingerprint density at radius 1 is 0.967 bits per heavy atom. The van der Waals surface area contributed by atoms with Crippen LogP contribution in [-0.4, -0.2) is 30.2 Å². The average Bonchev–Trinajstić information content (AvgIpc) is 3.03. The van der Waals surface area contributed by atoms with Gasteiger partial charge in [-0.15, -0.1) is 0 Å². The maximum Gasteiger partial charge on any atom is 0.338 e. The molecule has 1 aliphatic carbocycles. The van der Waals surface area contributed by atoms with Crippen LogP contribution in [0.25, 0.3) is 0 Å². The molecule has 0 aromatic heterocycles. The lowest BCUT2D eigenvalue weighted by Gasteiger charge is -2.22. The number of amides is 2. The van der Waals surface area contributed by atoms with Crippen molar-refractivity contribution in [1.29, 1.82) is 0 Å². The van der Waals surface area contributed by atoms with Gasteiger partial charge in [0.1, 0.15) is 0 Å². The highest BCUT2D eigenvalue weighted by Crippen LogP contribution is 2.40. The van der Waals surface area contributed by atoms with Gasteiger partial charge in [0, 0.05) is 5.56 Å². The quantitative estimate of drug-likeness (QED) is 0.331. The third-order valence-corrected chi connectivity index (χ3v) is 5.66. The van der Waals surface area contributed by atoms with E-state index in [1.54, 1.807) is 42.5 Å². The first-order valence-electron chi connectivity index (χ1n) is 9.87. The zero-order valence-corrected chi connectivity index (χ0v) is 16.5. The summed E-state index contributed by atoms with van der Waals surface area (Å²) >= 11 is 0. The number of carbonyl (C=O) groups excluding carboxylic acids is 4. The van der Waals surface area contributed by atoms with Crippen LogP contribution in [0.1, 0.15) is 34.1 Å². The van der Waals surface area contributed by atoms with E-state index in [9.17, 15) is 19.2 Å². The summed E-state index contributed by atoms with van der Waals surface area (Å²) in [5.74, 6) is -1.99. The fourth-order valence-corrected chi connectivity index (χ4v) is 4.07. The molecule has 152 valence electrons. The lowest BCUT2D eigenvalue weighted by atomic mass is 9.78. The zero-order chi connectivity index (χ0) is 21.3. The number of hydrogen-bond donors (Lipinski definition) is 0. The molecule has 1 aliphatic heterocycles. The number of rotatable bonds is 5. The van der Waals surface area contributed by atoms with Crippen molar-refractivity contribution in [3.05, 3.63) is 77.9 Å². The van der Waals surface area contributed by atoms with Gasteiger partial charge in [-0.25, -0.2) is 4.79 Å². The second-order valence-corrected chi connectivity index (χ2v) is 7.58. The Balaban J connectivity index is 1.43. The molecule has 2 aliphatic rings. The first kappa shape index (κ1) is 19.8. The van der Waals surface area contributed by atoms with Crippen LogP contribution < -0.4 is 4.90 Å². The maximum absolute atomic E-state index is 12.8. The first-order chi connectivity index (χ1) is 14.5. The van der Waals surface area contributed by atoms with Gasteiger partial charge in [0.25, 0.3) is 0 Å². The second-order valence-electron chi connectivity index (χ2n) is 7.58. The molecule has 2 amide bonds. The van der Waals surface area contributed by atoms with Crippen molar-refractivity contribution in [2.75, 3.05) is 11.5 Å². The van der Waals surface area contributed by atoms with E-state index in [-0.39, 0.29) is 47.5 Å². The predicted molar refractivity (Wildman–Crippen MR) is 110 cm³/mol. The molecule has 6 nitrogen and oxygen atoms in total. The highest BCUT2D eigenvalue weighted by Gasteiger charge is 2.50. The number of allylic oxidation sites excluding steroid dienone is 2. The minimum atomic E-state index is -0.642. The summed E-state index contributed by atoms with van der Waals surface area (Å²) in [6.45, 7) is 1.58. The summed E-state index contributed by atoms with van der Waals surface area (Å²) < 4.78 is 5.10. The molecule has 0 radical (unpaired) electrons. The van der Waals surface area contributed by atoms with Gasteiger partial charge in [-0.05, 0) is 36.6 Å². The molecule has 4 rings (SSSR count). The standard InChI is InChI=1S/C24H21NO5/c1-15-6-5-9-19-21(15)23(28)25(22(19)27)18-12-10-17(11-13-18)24(29)30-14-20(26)16-7-3-2-4-8-16/h2-8,10-13,15,19,21H,9,14H2,1H3/t15-,19+,21+/m1/s1. The van der Waals surface area contributed by atoms with Crippen molar-refractivity contribution < 1.29 is 23.9 Å². The topological polar surface area (TPSA) is 80.8 Å². The Hall–Kier alpha value is -3.54. The lowest BCUT2D eigenvalue weighted by Crippen LogP contribution is -2.31. The van der Waals surface area contributed by atoms with E-state index in [0.717, 1.165) is 0 Å². The van der Waals surface area contributed by atoms with E-state index in [1.807, 2.05) is 19.1 Å². The number of carbonyl (C=O) groups is 4. The number of benzene rings is 2. The van der Waals surface area contributed by atoms with Gasteiger partial charge < -0.3 is 4.74 Å². The van der Waals surface area contributed by atoms with Gasteiger partial charge in [-0.1, -0.05) is 49.4 Å². The number of ketones is 1. The van der Waals surface area contributed by atoms with Crippen molar-refractivity contribution >= 4 is 29.3 Å². The second kappa shape index (κ2) is 8.06.